The molecule has 0 bridgehead atoms. The van der Waals surface area contributed by atoms with Crippen LogP contribution in [0.3, 0.4) is 0 Å². The normalized spacial score (nSPS) is 14.5. The van der Waals surface area contributed by atoms with Gasteiger partial charge in [0.25, 0.3) is 0 Å². The van der Waals surface area contributed by atoms with E-state index < -0.39 is 5.97 Å². The summed E-state index contributed by atoms with van der Waals surface area (Å²) in [6, 6.07) is 21.8. The molecule has 5 rings (SSSR count). The lowest BCUT2D eigenvalue weighted by molar-refractivity contribution is 0.0601. The number of aliphatic imine (C=N–C) groups is 1. The predicted molar refractivity (Wildman–Crippen MR) is 148 cm³/mol. The Hall–Kier alpha value is -4.63. The molecule has 2 amide bonds. The molecular weight excluding hydrogens is 482 g/mol. The van der Waals surface area contributed by atoms with Crippen LogP contribution in [-0.2, 0) is 4.74 Å². The van der Waals surface area contributed by atoms with Gasteiger partial charge in [0.15, 0.2) is 5.88 Å². The van der Waals surface area contributed by atoms with E-state index in [9.17, 15) is 14.7 Å². The van der Waals surface area contributed by atoms with Crippen LogP contribution in [0, 0.1) is 0 Å². The molecule has 9 nitrogen and oxygen atoms in total. The Labute approximate surface area is 220 Å². The lowest BCUT2D eigenvalue weighted by Crippen LogP contribution is -2.48. The van der Waals surface area contributed by atoms with Crippen molar-refractivity contribution in [1.82, 2.24) is 14.8 Å². The number of carbonyl (C=O) groups excluding carboxylic acids is 2. The zero-order valence-corrected chi connectivity index (χ0v) is 21.3. The molecule has 1 aliphatic heterocycles. The van der Waals surface area contributed by atoms with Gasteiger partial charge in [-0.2, -0.15) is 0 Å². The molecule has 3 aromatic carbocycles. The van der Waals surface area contributed by atoms with Crippen LogP contribution in [0.5, 0.6) is 5.88 Å². The number of ether oxygens (including phenoxy) is 1. The number of H-pyrrole nitrogens is 1. The molecular formula is C29H29N5O4. The van der Waals surface area contributed by atoms with Crippen molar-refractivity contribution in [2.75, 3.05) is 45.7 Å². The number of esters is 1. The first-order valence-corrected chi connectivity index (χ1v) is 12.3. The van der Waals surface area contributed by atoms with Gasteiger partial charge >= 0.3 is 12.0 Å². The highest BCUT2D eigenvalue weighted by atomic mass is 16.5. The number of hydrogen-bond acceptors (Lipinski definition) is 6. The second kappa shape index (κ2) is 10.8. The number of aromatic hydroxyl groups is 1. The number of nitrogens with one attached hydrogen (secondary N) is 2. The Morgan fingerprint density at radius 2 is 1.66 bits per heavy atom. The maximum absolute atomic E-state index is 12.6. The van der Waals surface area contributed by atoms with Crippen LogP contribution in [0.4, 0.5) is 16.2 Å². The Kier molecular flexibility index (Phi) is 7.10. The summed E-state index contributed by atoms with van der Waals surface area (Å²) < 4.78 is 4.82. The zero-order valence-electron chi connectivity index (χ0n) is 21.3. The number of rotatable bonds is 5. The highest BCUT2D eigenvalue weighted by molar-refractivity contribution is 6.22. The predicted octanol–water partition coefficient (Wildman–Crippen LogP) is 4.61. The number of aromatic amines is 1. The third-order valence-electron chi connectivity index (χ3n) is 6.63. The summed E-state index contributed by atoms with van der Waals surface area (Å²) in [6.45, 7) is 3.10. The first kappa shape index (κ1) is 25.0. The number of nitrogens with zero attached hydrogens (tertiary/aromatic N) is 3. The highest BCUT2D eigenvalue weighted by Gasteiger charge is 2.21. The first-order valence-electron chi connectivity index (χ1n) is 12.3. The maximum Gasteiger partial charge on any atom is 0.337 e. The number of likely N-dealkylation sites (N-methyl/N-ethyl adjacent to an activating group) is 1. The molecule has 1 aliphatic rings. The van der Waals surface area contributed by atoms with E-state index in [4.69, 9.17) is 9.73 Å². The van der Waals surface area contributed by atoms with Crippen LogP contribution in [0.15, 0.2) is 77.8 Å². The summed E-state index contributed by atoms with van der Waals surface area (Å²) in [5, 5.41) is 14.6. The van der Waals surface area contributed by atoms with Crippen molar-refractivity contribution >= 4 is 40.0 Å². The summed E-state index contributed by atoms with van der Waals surface area (Å²) in [5.41, 5.74) is 4.20. The summed E-state index contributed by atoms with van der Waals surface area (Å²) >= 11 is 0. The lowest BCUT2D eigenvalue weighted by atomic mass is 10.00. The molecule has 2 heterocycles. The molecule has 0 radical (unpaired) electrons. The van der Waals surface area contributed by atoms with E-state index in [-0.39, 0.29) is 11.9 Å². The third-order valence-corrected chi connectivity index (χ3v) is 6.63. The van der Waals surface area contributed by atoms with Crippen LogP contribution in [0.2, 0.25) is 0 Å². The number of anilines is 1. The summed E-state index contributed by atoms with van der Waals surface area (Å²) in [6.07, 6.45) is 0. The Morgan fingerprint density at radius 3 is 2.34 bits per heavy atom. The molecule has 38 heavy (non-hydrogen) atoms. The standard InChI is InChI=1S/C29H29N5O4/c1-33-14-16-34(17-15-33)29(37)31-22-11-9-21(10-12-22)30-26(19-6-4-3-5-7-19)25-23-13-8-20(28(36)38-2)18-24(23)32-27(25)35/h3-13,18,32,35H,14-17H2,1-2H3,(H,31,37). The molecule has 0 atom stereocenters. The summed E-state index contributed by atoms with van der Waals surface area (Å²) in [5.74, 6) is -0.514. The van der Waals surface area contributed by atoms with Gasteiger partial charge < -0.3 is 29.9 Å². The van der Waals surface area contributed by atoms with Crippen molar-refractivity contribution in [3.63, 3.8) is 0 Å². The van der Waals surface area contributed by atoms with Crippen LogP contribution >= 0.6 is 0 Å². The first-order chi connectivity index (χ1) is 18.4. The Balaban J connectivity index is 1.47. The van der Waals surface area contributed by atoms with Crippen LogP contribution in [0.1, 0.15) is 21.5 Å². The molecule has 4 aromatic rings. The van der Waals surface area contributed by atoms with Crippen molar-refractivity contribution < 1.29 is 19.4 Å². The minimum Gasteiger partial charge on any atom is -0.494 e. The molecule has 1 fully saturated rings. The van der Waals surface area contributed by atoms with Crippen molar-refractivity contribution in [3.8, 4) is 5.88 Å². The molecule has 194 valence electrons. The van der Waals surface area contributed by atoms with E-state index in [0.717, 1.165) is 18.7 Å². The molecule has 0 aliphatic carbocycles. The van der Waals surface area contributed by atoms with Crippen molar-refractivity contribution in [2.24, 2.45) is 4.99 Å². The largest absolute Gasteiger partial charge is 0.494 e. The van der Waals surface area contributed by atoms with E-state index in [1.807, 2.05) is 66.5 Å². The topological polar surface area (TPSA) is 110 Å². The number of urea groups is 1. The minimum absolute atomic E-state index is 0.0549. The van der Waals surface area contributed by atoms with Gasteiger partial charge in [-0.05, 0) is 43.4 Å². The van der Waals surface area contributed by atoms with Crippen molar-refractivity contribution in [2.45, 2.75) is 0 Å². The van der Waals surface area contributed by atoms with Crippen LogP contribution in [0.25, 0.3) is 10.9 Å². The van der Waals surface area contributed by atoms with Gasteiger partial charge in [0.05, 0.1) is 29.6 Å². The third kappa shape index (κ3) is 5.23. The van der Waals surface area contributed by atoms with Gasteiger partial charge in [0.2, 0.25) is 0 Å². The van der Waals surface area contributed by atoms with E-state index in [2.05, 4.69) is 15.2 Å². The SMILES string of the molecule is COC(=O)c1ccc2c(C(=Nc3ccc(NC(=O)N4CCN(C)CC4)cc3)c3ccccc3)c(O)[nH]c2c1. The fourth-order valence-corrected chi connectivity index (χ4v) is 4.49. The molecule has 9 heteroatoms. The molecule has 1 aromatic heterocycles. The highest BCUT2D eigenvalue weighted by Crippen LogP contribution is 2.32. The molecule has 0 saturated carbocycles. The molecule has 0 unspecified atom stereocenters. The Morgan fingerprint density at radius 1 is 0.947 bits per heavy atom. The maximum atomic E-state index is 12.6. The zero-order chi connectivity index (χ0) is 26.6. The van der Waals surface area contributed by atoms with E-state index in [1.54, 1.807) is 18.2 Å². The number of fused-ring (bicyclic) bond motifs is 1. The monoisotopic (exact) mass is 511 g/mol. The summed E-state index contributed by atoms with van der Waals surface area (Å²) in [7, 11) is 3.38. The number of hydrogen-bond donors (Lipinski definition) is 3. The lowest BCUT2D eigenvalue weighted by Gasteiger charge is -2.32. The average Bonchev–Trinajstić information content (AvgIpc) is 3.27. The van der Waals surface area contributed by atoms with Gasteiger partial charge in [-0.15, -0.1) is 0 Å². The smallest absolute Gasteiger partial charge is 0.337 e. The van der Waals surface area contributed by atoms with E-state index in [0.29, 0.717) is 52.2 Å². The number of piperazine rings is 1. The quantitative estimate of drug-likeness (QED) is 0.268. The number of amides is 2. The number of methoxy groups -OCH3 is 1. The van der Waals surface area contributed by atoms with Crippen molar-refractivity contribution in [3.05, 3.63) is 89.5 Å². The number of carbonyl (C=O) groups is 2. The van der Waals surface area contributed by atoms with Gasteiger partial charge in [-0.25, -0.2) is 14.6 Å². The second-order valence-corrected chi connectivity index (χ2v) is 9.19. The Bertz CT molecular complexity index is 1490. The molecule has 1 saturated heterocycles. The fourth-order valence-electron chi connectivity index (χ4n) is 4.49. The van der Waals surface area contributed by atoms with Crippen LogP contribution < -0.4 is 5.32 Å². The van der Waals surface area contributed by atoms with E-state index in [1.165, 1.54) is 7.11 Å². The van der Waals surface area contributed by atoms with Gasteiger partial charge in [0.1, 0.15) is 0 Å². The van der Waals surface area contributed by atoms with Crippen molar-refractivity contribution in [1.29, 1.82) is 0 Å². The van der Waals surface area contributed by atoms with Gasteiger partial charge in [0, 0.05) is 48.3 Å². The van der Waals surface area contributed by atoms with E-state index >= 15 is 0 Å². The second-order valence-electron chi connectivity index (χ2n) is 9.19. The fraction of sp³-hybridized carbons (Fsp3) is 0.207. The van der Waals surface area contributed by atoms with Gasteiger partial charge in [-0.3, -0.25) is 0 Å². The average molecular weight is 512 g/mol. The van der Waals surface area contributed by atoms with Gasteiger partial charge in [-0.1, -0.05) is 36.4 Å². The minimum atomic E-state index is -0.459. The number of aromatic nitrogens is 1. The molecule has 3 N–H and O–H groups in total. The van der Waals surface area contributed by atoms with Crippen LogP contribution in [-0.4, -0.2) is 77.9 Å². The molecule has 0 spiro atoms. The number of benzene rings is 3. The summed E-state index contributed by atoms with van der Waals surface area (Å²) in [4.78, 5) is 36.5.